The van der Waals surface area contributed by atoms with Crippen LogP contribution in [0.2, 0.25) is 0 Å². The molecule has 7 heteroatoms. The minimum absolute atomic E-state index is 0.0225. The Morgan fingerprint density at radius 1 is 1.45 bits per heavy atom. The number of carbonyl (C=O) groups is 1. The highest BCUT2D eigenvalue weighted by molar-refractivity contribution is 5.95. The van der Waals surface area contributed by atoms with Crippen molar-refractivity contribution in [2.24, 2.45) is 0 Å². The zero-order valence-electron chi connectivity index (χ0n) is 10.9. The zero-order valence-corrected chi connectivity index (χ0v) is 10.9. The van der Waals surface area contributed by atoms with E-state index in [1.54, 1.807) is 12.0 Å². The van der Waals surface area contributed by atoms with E-state index in [0.717, 1.165) is 24.6 Å². The van der Waals surface area contributed by atoms with Crippen molar-refractivity contribution < 1.29 is 22.7 Å². The molecule has 20 heavy (non-hydrogen) atoms. The van der Waals surface area contributed by atoms with Crippen LogP contribution >= 0.6 is 0 Å². The second-order valence-electron chi connectivity index (χ2n) is 4.70. The molecule has 1 heterocycles. The Bertz CT molecular complexity index is 517. The van der Waals surface area contributed by atoms with Gasteiger partial charge in [-0.2, -0.15) is 13.2 Å². The highest BCUT2D eigenvalue weighted by Gasteiger charge is 2.34. The van der Waals surface area contributed by atoms with Crippen molar-refractivity contribution in [3.63, 3.8) is 0 Å². The van der Waals surface area contributed by atoms with Gasteiger partial charge in [-0.05, 0) is 24.6 Å². The number of alkyl halides is 3. The van der Waals surface area contributed by atoms with Gasteiger partial charge in [0.1, 0.15) is 0 Å². The Morgan fingerprint density at radius 2 is 2.15 bits per heavy atom. The van der Waals surface area contributed by atoms with Crippen LogP contribution in [0.15, 0.2) is 18.2 Å². The van der Waals surface area contributed by atoms with E-state index in [0.29, 0.717) is 13.1 Å². The van der Waals surface area contributed by atoms with Gasteiger partial charge < -0.3 is 15.4 Å². The number of methoxy groups -OCH3 is 1. The summed E-state index contributed by atoms with van der Waals surface area (Å²) in [5.41, 5.74) is 4.18. The molecule has 0 aromatic heterocycles. The van der Waals surface area contributed by atoms with Crippen molar-refractivity contribution in [1.29, 1.82) is 0 Å². The van der Waals surface area contributed by atoms with Crippen molar-refractivity contribution in [2.45, 2.75) is 18.7 Å². The number of amides is 1. The van der Waals surface area contributed by atoms with Gasteiger partial charge in [0.15, 0.2) is 0 Å². The molecule has 1 aromatic carbocycles. The summed E-state index contributed by atoms with van der Waals surface area (Å²) in [4.78, 5) is 13.7. The maximum Gasteiger partial charge on any atom is 0.418 e. The van der Waals surface area contributed by atoms with E-state index in [4.69, 9.17) is 10.5 Å². The second kappa shape index (κ2) is 5.32. The summed E-state index contributed by atoms with van der Waals surface area (Å²) in [7, 11) is 1.56. The van der Waals surface area contributed by atoms with Gasteiger partial charge in [0.05, 0.1) is 11.7 Å². The van der Waals surface area contributed by atoms with Crippen LogP contribution in [0.4, 0.5) is 18.9 Å². The third-order valence-corrected chi connectivity index (χ3v) is 3.37. The standard InChI is InChI=1S/C13H15F3N2O2/c1-20-9-4-5-18(7-9)12(19)8-2-3-10(11(17)6-8)13(14,15)16/h2-3,6,9H,4-5,7,17H2,1H3/t9-/m0/s1. The Hall–Kier alpha value is -1.76. The average Bonchev–Trinajstić information content (AvgIpc) is 2.85. The summed E-state index contributed by atoms with van der Waals surface area (Å²) < 4.78 is 42.9. The number of halogens is 3. The highest BCUT2D eigenvalue weighted by Crippen LogP contribution is 2.34. The summed E-state index contributed by atoms with van der Waals surface area (Å²) >= 11 is 0. The summed E-state index contributed by atoms with van der Waals surface area (Å²) in [5, 5.41) is 0. The maximum absolute atomic E-state index is 12.6. The fraction of sp³-hybridized carbons (Fsp3) is 0.462. The largest absolute Gasteiger partial charge is 0.418 e. The first-order valence-electron chi connectivity index (χ1n) is 6.11. The van der Waals surface area contributed by atoms with Gasteiger partial charge >= 0.3 is 6.18 Å². The number of nitrogens with two attached hydrogens (primary N) is 1. The van der Waals surface area contributed by atoms with Crippen molar-refractivity contribution in [3.8, 4) is 0 Å². The molecule has 0 saturated carbocycles. The third-order valence-electron chi connectivity index (χ3n) is 3.37. The SMILES string of the molecule is CO[C@H]1CCN(C(=O)c2ccc(C(F)(F)F)c(N)c2)C1. The van der Waals surface area contributed by atoms with Crippen LogP contribution in [0.5, 0.6) is 0 Å². The Labute approximate surface area is 114 Å². The van der Waals surface area contributed by atoms with Crippen LogP contribution in [-0.4, -0.2) is 37.1 Å². The lowest BCUT2D eigenvalue weighted by molar-refractivity contribution is -0.136. The molecule has 1 fully saturated rings. The van der Waals surface area contributed by atoms with E-state index >= 15 is 0 Å². The Balaban J connectivity index is 2.18. The summed E-state index contributed by atoms with van der Waals surface area (Å²) in [5.74, 6) is -0.329. The zero-order chi connectivity index (χ0) is 14.9. The first kappa shape index (κ1) is 14.6. The lowest BCUT2D eigenvalue weighted by Crippen LogP contribution is -2.30. The van der Waals surface area contributed by atoms with Crippen molar-refractivity contribution in [2.75, 3.05) is 25.9 Å². The molecule has 1 saturated heterocycles. The van der Waals surface area contributed by atoms with Crippen LogP contribution in [0.1, 0.15) is 22.3 Å². The molecule has 2 rings (SSSR count). The monoisotopic (exact) mass is 288 g/mol. The number of carbonyl (C=O) groups excluding carboxylic acids is 1. The number of nitrogen functional groups attached to an aromatic ring is 1. The van der Waals surface area contributed by atoms with E-state index in [2.05, 4.69) is 0 Å². The van der Waals surface area contributed by atoms with Crippen LogP contribution in [0.3, 0.4) is 0 Å². The number of anilines is 1. The maximum atomic E-state index is 12.6. The fourth-order valence-electron chi connectivity index (χ4n) is 2.24. The first-order chi connectivity index (χ1) is 9.32. The molecule has 1 aliphatic heterocycles. The predicted molar refractivity (Wildman–Crippen MR) is 67.2 cm³/mol. The predicted octanol–water partition coefficient (Wildman–Crippen LogP) is 2.15. The van der Waals surface area contributed by atoms with Crippen molar-refractivity contribution in [3.05, 3.63) is 29.3 Å². The number of hydrogen-bond donors (Lipinski definition) is 1. The van der Waals surface area contributed by atoms with E-state index < -0.39 is 17.4 Å². The van der Waals surface area contributed by atoms with Gasteiger partial charge in [-0.3, -0.25) is 4.79 Å². The number of rotatable bonds is 2. The van der Waals surface area contributed by atoms with E-state index in [-0.39, 0.29) is 17.6 Å². The molecule has 0 bridgehead atoms. The first-order valence-corrected chi connectivity index (χ1v) is 6.11. The normalized spacial score (nSPS) is 19.4. The van der Waals surface area contributed by atoms with Crippen LogP contribution in [-0.2, 0) is 10.9 Å². The minimum atomic E-state index is -4.51. The van der Waals surface area contributed by atoms with Gasteiger partial charge in [-0.25, -0.2) is 0 Å². The molecule has 0 aliphatic carbocycles. The molecule has 0 radical (unpaired) electrons. The molecular formula is C13H15F3N2O2. The van der Waals surface area contributed by atoms with Crippen LogP contribution in [0, 0.1) is 0 Å². The van der Waals surface area contributed by atoms with Crippen molar-refractivity contribution >= 4 is 11.6 Å². The molecule has 0 unspecified atom stereocenters. The van der Waals surface area contributed by atoms with Crippen molar-refractivity contribution in [1.82, 2.24) is 4.90 Å². The second-order valence-corrected chi connectivity index (χ2v) is 4.70. The molecule has 1 aromatic rings. The number of benzene rings is 1. The van der Waals surface area contributed by atoms with Gasteiger partial charge in [0.25, 0.3) is 5.91 Å². The summed E-state index contributed by atoms with van der Waals surface area (Å²) in [6.45, 7) is 0.967. The molecular weight excluding hydrogens is 273 g/mol. The molecule has 0 spiro atoms. The molecule has 110 valence electrons. The molecule has 1 atom stereocenters. The fourth-order valence-corrected chi connectivity index (χ4v) is 2.24. The third kappa shape index (κ3) is 2.87. The minimum Gasteiger partial charge on any atom is -0.398 e. The number of ether oxygens (including phenoxy) is 1. The number of nitrogens with zero attached hydrogens (tertiary/aromatic N) is 1. The number of likely N-dealkylation sites (tertiary alicyclic amines) is 1. The lowest BCUT2D eigenvalue weighted by atomic mass is 10.1. The van der Waals surface area contributed by atoms with Gasteiger partial charge in [-0.1, -0.05) is 0 Å². The average molecular weight is 288 g/mol. The number of hydrogen-bond acceptors (Lipinski definition) is 3. The van der Waals surface area contributed by atoms with E-state index in [1.807, 2.05) is 0 Å². The van der Waals surface area contributed by atoms with E-state index in [9.17, 15) is 18.0 Å². The Kier molecular flexibility index (Phi) is 3.89. The lowest BCUT2D eigenvalue weighted by Gasteiger charge is -2.17. The topological polar surface area (TPSA) is 55.6 Å². The molecule has 2 N–H and O–H groups in total. The van der Waals surface area contributed by atoms with Gasteiger partial charge in [0.2, 0.25) is 0 Å². The molecule has 1 aliphatic rings. The molecule has 4 nitrogen and oxygen atoms in total. The summed E-state index contributed by atoms with van der Waals surface area (Å²) in [6, 6.07) is 3.07. The van der Waals surface area contributed by atoms with Crippen LogP contribution in [0.25, 0.3) is 0 Å². The molecule has 1 amide bonds. The van der Waals surface area contributed by atoms with Gasteiger partial charge in [-0.15, -0.1) is 0 Å². The van der Waals surface area contributed by atoms with Crippen LogP contribution < -0.4 is 5.73 Å². The Morgan fingerprint density at radius 3 is 2.65 bits per heavy atom. The van der Waals surface area contributed by atoms with E-state index in [1.165, 1.54) is 0 Å². The summed E-state index contributed by atoms with van der Waals surface area (Å²) in [6.07, 6.45) is -3.82. The van der Waals surface area contributed by atoms with Gasteiger partial charge in [0, 0.05) is 31.5 Å². The highest BCUT2D eigenvalue weighted by atomic mass is 19.4. The quantitative estimate of drug-likeness (QED) is 0.848. The smallest absolute Gasteiger partial charge is 0.398 e.